The molecule has 146 valence electrons. The summed E-state index contributed by atoms with van der Waals surface area (Å²) in [6, 6.07) is 3.54. The van der Waals surface area contributed by atoms with Crippen LogP contribution in [0.15, 0.2) is 36.0 Å². The molecule has 0 unspecified atom stereocenters. The minimum Gasteiger partial charge on any atom is -0.394 e. The first kappa shape index (κ1) is 18.2. The van der Waals surface area contributed by atoms with Gasteiger partial charge in [-0.1, -0.05) is 0 Å². The molecule has 0 aliphatic carbocycles. The number of aliphatic hydroxyl groups is 3. The third kappa shape index (κ3) is 3.14. The van der Waals surface area contributed by atoms with E-state index >= 15 is 0 Å². The summed E-state index contributed by atoms with van der Waals surface area (Å²) >= 11 is 0. The van der Waals surface area contributed by atoms with Gasteiger partial charge in [0.15, 0.2) is 23.2 Å². The molecular weight excluding hydrogens is 368 g/mol. The number of imidazole rings is 1. The lowest BCUT2D eigenvalue weighted by Crippen LogP contribution is -2.33. The fraction of sp³-hybridized carbons (Fsp3) is 0.312. The first-order valence-corrected chi connectivity index (χ1v) is 8.40. The number of ether oxygens (including phenoxy) is 1. The van der Waals surface area contributed by atoms with Crippen molar-refractivity contribution in [1.82, 2.24) is 24.5 Å². The zero-order chi connectivity index (χ0) is 19.7. The summed E-state index contributed by atoms with van der Waals surface area (Å²) in [6.07, 6.45) is 1.45. The number of pyridine rings is 1. The average Bonchev–Trinajstić information content (AvgIpc) is 3.21. The molecule has 12 nitrogen and oxygen atoms in total. The Balaban J connectivity index is 1.73. The number of nitrogens with zero attached hydrogens (tertiary/aromatic N) is 6. The summed E-state index contributed by atoms with van der Waals surface area (Å²) < 4.78 is 7.02. The standard InChI is InChI=1S/C16H18N8O4/c17-13-10-14(20-7-19-13)24(15-12(27)11(26)9(6-25)28-15)16(22-10)23-21-5-8-1-3-18-4-2-8/h1-5,7,9,11-12,15,25-27H,6H2,(H,22,23)(H2,17,19,20)/t9-,11+,12-,15+/m0/s1. The van der Waals surface area contributed by atoms with E-state index in [2.05, 4.69) is 30.5 Å². The molecule has 1 fully saturated rings. The van der Waals surface area contributed by atoms with Crippen molar-refractivity contribution in [2.45, 2.75) is 24.5 Å². The van der Waals surface area contributed by atoms with Gasteiger partial charge in [-0.2, -0.15) is 5.10 Å². The molecule has 4 rings (SSSR count). The highest BCUT2D eigenvalue weighted by Gasteiger charge is 2.45. The Bertz CT molecular complexity index is 995. The molecule has 3 aromatic heterocycles. The number of hydrogen-bond acceptors (Lipinski definition) is 11. The number of rotatable bonds is 5. The number of nitrogens with two attached hydrogens (primary N) is 1. The molecule has 0 saturated carbocycles. The SMILES string of the molecule is Nc1ncnc2c1nc(NN=Cc1ccncc1)n2[C@@H]1O[C@@H](CO)[C@@H](O)[C@@H]1O. The number of anilines is 2. The highest BCUT2D eigenvalue weighted by Crippen LogP contribution is 2.35. The van der Waals surface area contributed by atoms with E-state index in [0.717, 1.165) is 5.56 Å². The van der Waals surface area contributed by atoms with Gasteiger partial charge >= 0.3 is 0 Å². The Morgan fingerprint density at radius 3 is 2.75 bits per heavy atom. The van der Waals surface area contributed by atoms with Crippen LogP contribution >= 0.6 is 0 Å². The van der Waals surface area contributed by atoms with Gasteiger partial charge in [0.05, 0.1) is 12.8 Å². The van der Waals surface area contributed by atoms with Crippen LogP contribution in [0.25, 0.3) is 11.2 Å². The maximum absolute atomic E-state index is 10.4. The molecule has 1 aliphatic rings. The number of hydrogen-bond donors (Lipinski definition) is 5. The van der Waals surface area contributed by atoms with Gasteiger partial charge in [-0.05, 0) is 17.7 Å². The summed E-state index contributed by atoms with van der Waals surface area (Å²) in [5.74, 6) is 0.305. The predicted molar refractivity (Wildman–Crippen MR) is 98.2 cm³/mol. The quantitative estimate of drug-likeness (QED) is 0.266. The molecule has 3 aromatic rings. The molecule has 12 heteroatoms. The monoisotopic (exact) mass is 386 g/mol. The minimum absolute atomic E-state index is 0.136. The summed E-state index contributed by atoms with van der Waals surface area (Å²) in [5, 5.41) is 34.0. The van der Waals surface area contributed by atoms with Crippen molar-refractivity contribution in [1.29, 1.82) is 0 Å². The Hall–Kier alpha value is -3.19. The zero-order valence-electron chi connectivity index (χ0n) is 14.5. The maximum Gasteiger partial charge on any atom is 0.228 e. The van der Waals surface area contributed by atoms with Gasteiger partial charge in [0.1, 0.15) is 24.6 Å². The Labute approximate surface area is 158 Å². The van der Waals surface area contributed by atoms with Gasteiger partial charge in [-0.3, -0.25) is 9.55 Å². The van der Waals surface area contributed by atoms with Crippen LogP contribution in [0.3, 0.4) is 0 Å². The van der Waals surface area contributed by atoms with E-state index in [0.29, 0.717) is 0 Å². The summed E-state index contributed by atoms with van der Waals surface area (Å²) in [6.45, 7) is -0.457. The Morgan fingerprint density at radius 1 is 1.25 bits per heavy atom. The second kappa shape index (κ2) is 7.44. The van der Waals surface area contributed by atoms with E-state index in [1.807, 2.05) is 0 Å². The van der Waals surface area contributed by atoms with E-state index in [1.165, 1.54) is 10.9 Å². The Morgan fingerprint density at radius 2 is 2.04 bits per heavy atom. The molecule has 0 aromatic carbocycles. The lowest BCUT2D eigenvalue weighted by atomic mass is 10.1. The lowest BCUT2D eigenvalue weighted by Gasteiger charge is -2.18. The number of aliphatic hydroxyl groups excluding tert-OH is 3. The van der Waals surface area contributed by atoms with Crippen molar-refractivity contribution in [2.24, 2.45) is 5.10 Å². The first-order chi connectivity index (χ1) is 13.6. The molecule has 6 N–H and O–H groups in total. The third-order valence-corrected chi connectivity index (χ3v) is 4.36. The van der Waals surface area contributed by atoms with Crippen LogP contribution < -0.4 is 11.2 Å². The van der Waals surface area contributed by atoms with E-state index in [1.54, 1.807) is 30.7 Å². The lowest BCUT2D eigenvalue weighted by molar-refractivity contribution is -0.0501. The predicted octanol–water partition coefficient (Wildman–Crippen LogP) is -1.14. The van der Waals surface area contributed by atoms with E-state index in [4.69, 9.17) is 10.5 Å². The van der Waals surface area contributed by atoms with Gasteiger partial charge in [0.2, 0.25) is 5.95 Å². The van der Waals surface area contributed by atoms with Gasteiger partial charge < -0.3 is 25.8 Å². The molecule has 0 amide bonds. The van der Waals surface area contributed by atoms with Crippen molar-refractivity contribution in [3.63, 3.8) is 0 Å². The van der Waals surface area contributed by atoms with Gasteiger partial charge in [-0.25, -0.2) is 20.4 Å². The number of hydrazone groups is 1. The van der Waals surface area contributed by atoms with Crippen LogP contribution in [-0.4, -0.2) is 71.0 Å². The summed E-state index contributed by atoms with van der Waals surface area (Å²) in [7, 11) is 0. The molecule has 4 atom stereocenters. The van der Waals surface area contributed by atoms with Crippen LogP contribution in [0.4, 0.5) is 11.8 Å². The van der Waals surface area contributed by atoms with Crippen molar-refractivity contribution in [3.8, 4) is 0 Å². The van der Waals surface area contributed by atoms with Crippen LogP contribution in [0.5, 0.6) is 0 Å². The van der Waals surface area contributed by atoms with Crippen LogP contribution in [0.2, 0.25) is 0 Å². The fourth-order valence-electron chi connectivity index (χ4n) is 2.95. The molecule has 28 heavy (non-hydrogen) atoms. The minimum atomic E-state index is -1.32. The Kier molecular flexibility index (Phi) is 4.83. The highest BCUT2D eigenvalue weighted by atomic mass is 16.6. The van der Waals surface area contributed by atoms with Crippen molar-refractivity contribution >= 4 is 29.1 Å². The third-order valence-electron chi connectivity index (χ3n) is 4.36. The van der Waals surface area contributed by atoms with Gasteiger partial charge in [-0.15, -0.1) is 0 Å². The van der Waals surface area contributed by atoms with E-state index in [-0.39, 0.29) is 22.9 Å². The number of fused-ring (bicyclic) bond motifs is 1. The molecule has 0 spiro atoms. The molecule has 1 aliphatic heterocycles. The number of nitrogens with one attached hydrogen (secondary N) is 1. The first-order valence-electron chi connectivity index (χ1n) is 8.40. The number of nitrogen functional groups attached to an aromatic ring is 1. The van der Waals surface area contributed by atoms with Crippen molar-refractivity contribution < 1.29 is 20.1 Å². The smallest absolute Gasteiger partial charge is 0.228 e. The fourth-order valence-corrected chi connectivity index (χ4v) is 2.95. The van der Waals surface area contributed by atoms with Crippen molar-refractivity contribution in [2.75, 3.05) is 17.8 Å². The van der Waals surface area contributed by atoms with Gasteiger partial charge in [0.25, 0.3) is 0 Å². The normalized spacial score (nSPS) is 25.0. The molecular formula is C16H18N8O4. The average molecular weight is 386 g/mol. The van der Waals surface area contributed by atoms with E-state index < -0.39 is 31.1 Å². The summed E-state index contributed by atoms with van der Waals surface area (Å²) in [4.78, 5) is 16.3. The topological polar surface area (TPSA) is 177 Å². The molecule has 0 radical (unpaired) electrons. The highest BCUT2D eigenvalue weighted by molar-refractivity contribution is 5.84. The second-order valence-corrected chi connectivity index (χ2v) is 6.12. The van der Waals surface area contributed by atoms with Crippen molar-refractivity contribution in [3.05, 3.63) is 36.4 Å². The zero-order valence-corrected chi connectivity index (χ0v) is 14.5. The largest absolute Gasteiger partial charge is 0.394 e. The summed E-state index contributed by atoms with van der Waals surface area (Å²) in [5.41, 5.74) is 10.0. The molecule has 1 saturated heterocycles. The van der Waals surface area contributed by atoms with Crippen LogP contribution in [0, 0.1) is 0 Å². The second-order valence-electron chi connectivity index (χ2n) is 6.12. The molecule has 4 heterocycles. The molecule has 0 bridgehead atoms. The van der Waals surface area contributed by atoms with E-state index in [9.17, 15) is 15.3 Å². The van der Waals surface area contributed by atoms with Crippen LogP contribution in [0.1, 0.15) is 11.8 Å². The van der Waals surface area contributed by atoms with Gasteiger partial charge in [0, 0.05) is 12.4 Å². The maximum atomic E-state index is 10.4. The number of aromatic nitrogens is 5. The van der Waals surface area contributed by atoms with Crippen LogP contribution in [-0.2, 0) is 4.74 Å².